The van der Waals surface area contributed by atoms with E-state index >= 15 is 0 Å². The molecule has 0 fully saturated rings. The normalized spacial score (nSPS) is 10.0. The van der Waals surface area contributed by atoms with Crippen LogP contribution in [0.2, 0.25) is 0 Å². The number of thioether (sulfide) groups is 1. The molecule has 0 rings (SSSR count). The molecule has 78 valence electrons. The van der Waals surface area contributed by atoms with Gasteiger partial charge < -0.3 is 4.74 Å². The van der Waals surface area contributed by atoms with Gasteiger partial charge in [-0.2, -0.15) is 0 Å². The zero-order chi connectivity index (χ0) is 11.2. The Kier molecular flexibility index (Phi) is 5.40. The summed E-state index contributed by atoms with van der Waals surface area (Å²) in [6.07, 6.45) is 0. The van der Waals surface area contributed by atoms with E-state index in [2.05, 4.69) is 22.5 Å². The van der Waals surface area contributed by atoms with Gasteiger partial charge in [-0.25, -0.2) is 4.79 Å². The largest absolute Gasteiger partial charge is 0.466 e. The summed E-state index contributed by atoms with van der Waals surface area (Å²) in [7, 11) is 1.35. The first kappa shape index (κ1) is 13.1. The summed E-state index contributed by atoms with van der Waals surface area (Å²) in [6, 6.07) is 0. The van der Waals surface area contributed by atoms with E-state index in [1.54, 1.807) is 0 Å². The molecule has 0 bridgehead atoms. The number of rotatable bonds is 3. The van der Waals surface area contributed by atoms with Crippen LogP contribution in [0.25, 0.3) is 0 Å². The van der Waals surface area contributed by atoms with Gasteiger partial charge in [0.25, 0.3) is 0 Å². The van der Waals surface area contributed by atoms with Gasteiger partial charge in [-0.15, -0.1) is 0 Å². The zero-order valence-electron chi connectivity index (χ0n) is 9.14. The van der Waals surface area contributed by atoms with Crippen LogP contribution in [0.4, 0.5) is 0 Å². The molecule has 0 aliphatic rings. The van der Waals surface area contributed by atoms with Crippen LogP contribution >= 0.6 is 11.8 Å². The van der Waals surface area contributed by atoms with Gasteiger partial charge in [0.1, 0.15) is 0 Å². The SMILES string of the molecule is C=C(CSC#CC(C)(C)C)C(=O)OC. The molecule has 0 aromatic heterocycles. The smallest absolute Gasteiger partial charge is 0.334 e. The van der Waals surface area contributed by atoms with Gasteiger partial charge >= 0.3 is 5.97 Å². The minimum Gasteiger partial charge on any atom is -0.466 e. The van der Waals surface area contributed by atoms with Crippen molar-refractivity contribution in [2.75, 3.05) is 12.9 Å². The molecule has 0 N–H and O–H groups in total. The summed E-state index contributed by atoms with van der Waals surface area (Å²) in [4.78, 5) is 10.9. The van der Waals surface area contributed by atoms with E-state index in [9.17, 15) is 4.79 Å². The van der Waals surface area contributed by atoms with Crippen molar-refractivity contribution in [3.8, 4) is 11.2 Å². The molecule has 0 saturated heterocycles. The molecule has 0 atom stereocenters. The average molecular weight is 212 g/mol. The fourth-order valence-electron chi connectivity index (χ4n) is 0.516. The van der Waals surface area contributed by atoms with E-state index in [0.29, 0.717) is 11.3 Å². The number of esters is 1. The quantitative estimate of drug-likeness (QED) is 0.408. The molecule has 2 nitrogen and oxygen atoms in total. The van der Waals surface area contributed by atoms with E-state index < -0.39 is 0 Å². The third kappa shape index (κ3) is 6.62. The van der Waals surface area contributed by atoms with Crippen molar-refractivity contribution in [1.82, 2.24) is 0 Å². The Morgan fingerprint density at radius 1 is 1.50 bits per heavy atom. The fraction of sp³-hybridized carbons (Fsp3) is 0.545. The van der Waals surface area contributed by atoms with Gasteiger partial charge in [0, 0.05) is 16.7 Å². The van der Waals surface area contributed by atoms with Crippen LogP contribution in [0.15, 0.2) is 12.2 Å². The van der Waals surface area contributed by atoms with Crippen molar-refractivity contribution in [2.24, 2.45) is 5.41 Å². The highest BCUT2D eigenvalue weighted by molar-refractivity contribution is 8.04. The topological polar surface area (TPSA) is 26.3 Å². The molecule has 0 saturated carbocycles. The Labute approximate surface area is 90.1 Å². The monoisotopic (exact) mass is 212 g/mol. The highest BCUT2D eigenvalue weighted by Crippen LogP contribution is 2.12. The van der Waals surface area contributed by atoms with Crippen LogP contribution in [0.1, 0.15) is 20.8 Å². The lowest BCUT2D eigenvalue weighted by atomic mass is 9.99. The lowest BCUT2D eigenvalue weighted by Gasteiger charge is -2.06. The van der Waals surface area contributed by atoms with E-state index in [0.717, 1.165) is 0 Å². The number of carbonyl (C=O) groups is 1. The van der Waals surface area contributed by atoms with Crippen LogP contribution in [0.3, 0.4) is 0 Å². The van der Waals surface area contributed by atoms with Crippen molar-refractivity contribution in [3.63, 3.8) is 0 Å². The van der Waals surface area contributed by atoms with Crippen molar-refractivity contribution in [1.29, 1.82) is 0 Å². The number of hydrogen-bond donors (Lipinski definition) is 0. The lowest BCUT2D eigenvalue weighted by Crippen LogP contribution is -2.05. The van der Waals surface area contributed by atoms with E-state index in [-0.39, 0.29) is 11.4 Å². The first-order chi connectivity index (χ1) is 6.37. The number of hydrogen-bond acceptors (Lipinski definition) is 3. The molecule has 0 aromatic carbocycles. The molecule has 3 heteroatoms. The average Bonchev–Trinajstić information content (AvgIpc) is 2.09. The Hall–Kier alpha value is -0.880. The molecule has 0 radical (unpaired) electrons. The van der Waals surface area contributed by atoms with E-state index in [1.165, 1.54) is 18.9 Å². The molecule has 0 heterocycles. The second-order valence-corrected chi connectivity index (χ2v) is 4.64. The van der Waals surface area contributed by atoms with Gasteiger partial charge in [-0.1, -0.05) is 24.3 Å². The van der Waals surface area contributed by atoms with Crippen LogP contribution in [0, 0.1) is 16.6 Å². The van der Waals surface area contributed by atoms with E-state index in [4.69, 9.17) is 0 Å². The maximum atomic E-state index is 10.9. The maximum absolute atomic E-state index is 10.9. The van der Waals surface area contributed by atoms with Crippen LogP contribution in [0.5, 0.6) is 0 Å². The molecular weight excluding hydrogens is 196 g/mol. The van der Waals surface area contributed by atoms with Crippen molar-refractivity contribution in [3.05, 3.63) is 12.2 Å². The highest BCUT2D eigenvalue weighted by atomic mass is 32.2. The minimum absolute atomic E-state index is 0.000398. The van der Waals surface area contributed by atoms with Gasteiger partial charge in [-0.3, -0.25) is 0 Å². The molecule has 0 amide bonds. The standard InChI is InChI=1S/C11H16O2S/c1-9(10(12)13-5)8-14-7-6-11(2,3)4/h1,8H2,2-5H3. The summed E-state index contributed by atoms with van der Waals surface area (Å²) in [5, 5.41) is 2.93. The summed E-state index contributed by atoms with van der Waals surface area (Å²) in [5.41, 5.74) is 0.445. The molecule has 0 aliphatic heterocycles. The maximum Gasteiger partial charge on any atom is 0.334 e. The molecular formula is C11H16O2S. The second-order valence-electron chi connectivity index (χ2n) is 3.86. The van der Waals surface area contributed by atoms with Crippen molar-refractivity contribution in [2.45, 2.75) is 20.8 Å². The lowest BCUT2D eigenvalue weighted by molar-refractivity contribution is -0.135. The van der Waals surface area contributed by atoms with Crippen molar-refractivity contribution < 1.29 is 9.53 Å². The van der Waals surface area contributed by atoms with E-state index in [1.807, 2.05) is 20.8 Å². The molecule has 14 heavy (non-hydrogen) atoms. The number of methoxy groups -OCH3 is 1. The molecule has 0 aliphatic carbocycles. The Balaban J connectivity index is 3.90. The summed E-state index contributed by atoms with van der Waals surface area (Å²) in [5.74, 6) is 3.18. The third-order valence-corrected chi connectivity index (χ3v) is 1.96. The van der Waals surface area contributed by atoms with Gasteiger partial charge in [0.15, 0.2) is 0 Å². The zero-order valence-corrected chi connectivity index (χ0v) is 9.96. The first-order valence-corrected chi connectivity index (χ1v) is 5.25. The predicted molar refractivity (Wildman–Crippen MR) is 60.8 cm³/mol. The predicted octanol–water partition coefficient (Wildman–Crippen LogP) is 2.46. The van der Waals surface area contributed by atoms with Gasteiger partial charge in [0.05, 0.1) is 7.11 Å². The minimum atomic E-state index is -0.366. The number of carbonyl (C=O) groups excluding carboxylic acids is 1. The van der Waals surface area contributed by atoms with Gasteiger partial charge in [0.2, 0.25) is 0 Å². The highest BCUT2D eigenvalue weighted by Gasteiger charge is 2.06. The molecule has 0 aromatic rings. The summed E-state index contributed by atoms with van der Waals surface area (Å²) < 4.78 is 4.51. The Morgan fingerprint density at radius 3 is 2.50 bits per heavy atom. The van der Waals surface area contributed by atoms with Gasteiger partial charge in [-0.05, 0) is 26.0 Å². The Morgan fingerprint density at radius 2 is 2.07 bits per heavy atom. The van der Waals surface area contributed by atoms with Crippen LogP contribution in [-0.2, 0) is 9.53 Å². The summed E-state index contributed by atoms with van der Waals surface area (Å²) >= 11 is 1.37. The van der Waals surface area contributed by atoms with Crippen molar-refractivity contribution >= 4 is 17.7 Å². The fourth-order valence-corrected chi connectivity index (χ4v) is 1.26. The molecule has 0 unspecified atom stereocenters. The van der Waals surface area contributed by atoms with Crippen LogP contribution in [-0.4, -0.2) is 18.8 Å². The van der Waals surface area contributed by atoms with Crippen LogP contribution < -0.4 is 0 Å². The third-order valence-electron chi connectivity index (χ3n) is 1.22. The number of ether oxygens (including phenoxy) is 1. The first-order valence-electron chi connectivity index (χ1n) is 4.27. The molecule has 0 spiro atoms. The Bertz CT molecular complexity index is 276. The second kappa shape index (κ2) is 5.77. The summed E-state index contributed by atoms with van der Waals surface area (Å²) in [6.45, 7) is 9.71.